The van der Waals surface area contributed by atoms with Gasteiger partial charge in [-0.15, -0.1) is 0 Å². The van der Waals surface area contributed by atoms with E-state index >= 15 is 0 Å². The van der Waals surface area contributed by atoms with Crippen molar-refractivity contribution in [3.8, 4) is 11.8 Å². The molecule has 0 amide bonds. The zero-order valence-corrected chi connectivity index (χ0v) is 15.6. The standard InChI is InChI=1S/C20H20N2O4S/c21-13-12-16-4-8-18(9-5-16)26-20(23)17-6-10-19(11-7-17)27(24,25)22-14-2-1-3-15-22/h4-11H,1-3,12,14-15H2. The summed E-state index contributed by atoms with van der Waals surface area (Å²) in [5, 5.41) is 8.66. The highest BCUT2D eigenvalue weighted by molar-refractivity contribution is 7.89. The Morgan fingerprint density at radius 1 is 1.00 bits per heavy atom. The second kappa shape index (κ2) is 8.33. The van der Waals surface area contributed by atoms with E-state index in [9.17, 15) is 13.2 Å². The predicted molar refractivity (Wildman–Crippen MR) is 99.8 cm³/mol. The maximum Gasteiger partial charge on any atom is 0.343 e. The third-order valence-electron chi connectivity index (χ3n) is 4.46. The van der Waals surface area contributed by atoms with E-state index in [1.54, 1.807) is 24.3 Å². The fourth-order valence-electron chi connectivity index (χ4n) is 2.95. The highest BCUT2D eigenvalue weighted by atomic mass is 32.2. The molecule has 3 rings (SSSR count). The molecular weight excluding hydrogens is 364 g/mol. The Hall–Kier alpha value is -2.69. The second-order valence-corrected chi connectivity index (χ2v) is 8.30. The third-order valence-corrected chi connectivity index (χ3v) is 6.37. The fourth-order valence-corrected chi connectivity index (χ4v) is 4.47. The number of rotatable bonds is 5. The number of carbonyl (C=O) groups is 1. The van der Waals surface area contributed by atoms with Gasteiger partial charge in [0.15, 0.2) is 0 Å². The SMILES string of the molecule is N#CCc1ccc(OC(=O)c2ccc(S(=O)(=O)N3CCCCC3)cc2)cc1. The highest BCUT2D eigenvalue weighted by Crippen LogP contribution is 2.21. The summed E-state index contributed by atoms with van der Waals surface area (Å²) in [5.74, 6) is -0.198. The lowest BCUT2D eigenvalue weighted by atomic mass is 10.1. The van der Waals surface area contributed by atoms with E-state index in [2.05, 4.69) is 6.07 Å². The van der Waals surface area contributed by atoms with Crippen LogP contribution < -0.4 is 4.74 Å². The van der Waals surface area contributed by atoms with E-state index in [1.807, 2.05) is 0 Å². The smallest absolute Gasteiger partial charge is 0.343 e. The lowest BCUT2D eigenvalue weighted by molar-refractivity contribution is 0.0734. The van der Waals surface area contributed by atoms with Crippen LogP contribution in [-0.4, -0.2) is 31.8 Å². The van der Waals surface area contributed by atoms with Crippen LogP contribution >= 0.6 is 0 Å². The Kier molecular flexibility index (Phi) is 5.89. The van der Waals surface area contributed by atoms with Crippen molar-refractivity contribution in [2.24, 2.45) is 0 Å². The average Bonchev–Trinajstić information content (AvgIpc) is 2.70. The Morgan fingerprint density at radius 3 is 2.22 bits per heavy atom. The minimum Gasteiger partial charge on any atom is -0.423 e. The van der Waals surface area contributed by atoms with E-state index < -0.39 is 16.0 Å². The second-order valence-electron chi connectivity index (χ2n) is 6.36. The number of hydrogen-bond donors (Lipinski definition) is 0. The molecule has 0 aliphatic carbocycles. The number of esters is 1. The summed E-state index contributed by atoms with van der Waals surface area (Å²) < 4.78 is 32.0. The van der Waals surface area contributed by atoms with Crippen LogP contribution in [0.25, 0.3) is 0 Å². The molecule has 27 heavy (non-hydrogen) atoms. The van der Waals surface area contributed by atoms with Gasteiger partial charge in [0, 0.05) is 13.1 Å². The Morgan fingerprint density at radius 2 is 1.63 bits per heavy atom. The molecule has 0 aromatic heterocycles. The van der Waals surface area contributed by atoms with E-state index in [-0.39, 0.29) is 10.5 Å². The molecule has 0 spiro atoms. The first-order valence-corrected chi connectivity index (χ1v) is 10.2. The van der Waals surface area contributed by atoms with Crippen LogP contribution in [0.4, 0.5) is 0 Å². The highest BCUT2D eigenvalue weighted by Gasteiger charge is 2.26. The Bertz CT molecular complexity index is 939. The topological polar surface area (TPSA) is 87.5 Å². The summed E-state index contributed by atoms with van der Waals surface area (Å²) in [6.07, 6.45) is 3.09. The van der Waals surface area contributed by atoms with Crippen molar-refractivity contribution < 1.29 is 17.9 Å². The van der Waals surface area contributed by atoms with Crippen molar-refractivity contribution in [2.45, 2.75) is 30.6 Å². The molecule has 140 valence electrons. The fraction of sp³-hybridized carbons (Fsp3) is 0.300. The molecular formula is C20H20N2O4S. The van der Waals surface area contributed by atoms with Gasteiger partial charge in [-0.25, -0.2) is 13.2 Å². The number of carbonyl (C=O) groups excluding carboxylic acids is 1. The van der Waals surface area contributed by atoms with Crippen LogP contribution in [-0.2, 0) is 16.4 Å². The molecule has 1 aliphatic heterocycles. The van der Waals surface area contributed by atoms with Crippen molar-refractivity contribution in [2.75, 3.05) is 13.1 Å². The number of ether oxygens (including phenoxy) is 1. The molecule has 0 bridgehead atoms. The molecule has 0 N–H and O–H groups in total. The molecule has 1 fully saturated rings. The molecule has 2 aromatic carbocycles. The van der Waals surface area contributed by atoms with Crippen LogP contribution in [0.3, 0.4) is 0 Å². The zero-order valence-electron chi connectivity index (χ0n) is 14.8. The first-order chi connectivity index (χ1) is 13.0. The largest absolute Gasteiger partial charge is 0.423 e. The molecule has 0 radical (unpaired) electrons. The van der Waals surface area contributed by atoms with Gasteiger partial charge in [0.25, 0.3) is 0 Å². The Balaban J connectivity index is 1.69. The first-order valence-electron chi connectivity index (χ1n) is 8.79. The van der Waals surface area contributed by atoms with Gasteiger partial charge in [0.1, 0.15) is 5.75 Å². The molecule has 1 heterocycles. The van der Waals surface area contributed by atoms with Crippen molar-refractivity contribution in [3.63, 3.8) is 0 Å². The zero-order chi connectivity index (χ0) is 19.3. The van der Waals surface area contributed by atoms with Crippen LogP contribution in [0.1, 0.15) is 35.2 Å². The summed E-state index contributed by atoms with van der Waals surface area (Å²) in [6, 6.07) is 14.6. The maximum atomic E-state index is 12.6. The number of piperidine rings is 1. The van der Waals surface area contributed by atoms with Gasteiger partial charge in [-0.1, -0.05) is 18.6 Å². The summed E-state index contributed by atoms with van der Waals surface area (Å²) in [5.41, 5.74) is 1.11. The molecule has 7 heteroatoms. The summed E-state index contributed by atoms with van der Waals surface area (Å²) in [7, 11) is -3.52. The van der Waals surface area contributed by atoms with E-state index in [0.717, 1.165) is 24.8 Å². The molecule has 2 aromatic rings. The van der Waals surface area contributed by atoms with Crippen molar-refractivity contribution in [1.82, 2.24) is 4.31 Å². The van der Waals surface area contributed by atoms with Crippen LogP contribution in [0, 0.1) is 11.3 Å². The molecule has 1 saturated heterocycles. The Labute approximate surface area is 159 Å². The summed E-state index contributed by atoms with van der Waals surface area (Å²) >= 11 is 0. The average molecular weight is 384 g/mol. The van der Waals surface area contributed by atoms with Gasteiger partial charge in [-0.3, -0.25) is 0 Å². The third kappa shape index (κ3) is 4.54. The van der Waals surface area contributed by atoms with Crippen molar-refractivity contribution >= 4 is 16.0 Å². The van der Waals surface area contributed by atoms with Gasteiger partial charge in [-0.2, -0.15) is 9.57 Å². The number of benzene rings is 2. The monoisotopic (exact) mass is 384 g/mol. The number of nitriles is 1. The quantitative estimate of drug-likeness (QED) is 0.584. The molecule has 6 nitrogen and oxygen atoms in total. The molecule has 1 aliphatic rings. The molecule has 0 atom stereocenters. The van der Waals surface area contributed by atoms with E-state index in [1.165, 1.54) is 28.6 Å². The summed E-state index contributed by atoms with van der Waals surface area (Å²) in [4.78, 5) is 12.4. The molecule has 0 saturated carbocycles. The number of nitrogens with zero attached hydrogens (tertiary/aromatic N) is 2. The van der Waals surface area contributed by atoms with E-state index in [4.69, 9.17) is 10.00 Å². The van der Waals surface area contributed by atoms with Crippen molar-refractivity contribution in [1.29, 1.82) is 5.26 Å². The number of sulfonamides is 1. The van der Waals surface area contributed by atoms with Crippen molar-refractivity contribution in [3.05, 3.63) is 59.7 Å². The van der Waals surface area contributed by atoms with Crippen LogP contribution in [0.2, 0.25) is 0 Å². The van der Waals surface area contributed by atoms with Gasteiger partial charge in [-0.05, 0) is 54.8 Å². The minimum absolute atomic E-state index is 0.182. The lowest BCUT2D eigenvalue weighted by Gasteiger charge is -2.25. The van der Waals surface area contributed by atoms with Gasteiger partial charge in [0.2, 0.25) is 10.0 Å². The first kappa shape index (κ1) is 19.1. The molecule has 0 unspecified atom stereocenters. The predicted octanol–water partition coefficient (Wildman–Crippen LogP) is 3.15. The van der Waals surface area contributed by atoms with Gasteiger partial charge < -0.3 is 4.74 Å². The normalized spacial score (nSPS) is 15.1. The minimum atomic E-state index is -3.52. The van der Waals surface area contributed by atoms with Crippen LogP contribution in [0.15, 0.2) is 53.4 Å². The van der Waals surface area contributed by atoms with Crippen LogP contribution in [0.5, 0.6) is 5.75 Å². The summed E-state index contributed by atoms with van der Waals surface area (Å²) in [6.45, 7) is 1.07. The lowest BCUT2D eigenvalue weighted by Crippen LogP contribution is -2.35. The number of hydrogen-bond acceptors (Lipinski definition) is 5. The van der Waals surface area contributed by atoms with Gasteiger partial charge in [0.05, 0.1) is 22.9 Å². The maximum absolute atomic E-state index is 12.6. The van der Waals surface area contributed by atoms with E-state index in [0.29, 0.717) is 25.3 Å². The van der Waals surface area contributed by atoms with Gasteiger partial charge >= 0.3 is 5.97 Å².